The quantitative estimate of drug-likeness (QED) is 0.649. The zero-order valence-corrected chi connectivity index (χ0v) is 14.0. The number of rotatable bonds is 2. The highest BCUT2D eigenvalue weighted by Crippen LogP contribution is 2.50. The first-order valence-electron chi connectivity index (χ1n) is 8.40. The van der Waals surface area contributed by atoms with Gasteiger partial charge in [0.1, 0.15) is 0 Å². The van der Waals surface area contributed by atoms with E-state index in [9.17, 15) is 4.79 Å². The van der Waals surface area contributed by atoms with Crippen molar-refractivity contribution in [3.05, 3.63) is 76.9 Å². The molecule has 2 aliphatic rings. The Morgan fingerprint density at radius 2 is 1.96 bits per heavy atom. The van der Waals surface area contributed by atoms with Crippen LogP contribution in [0.15, 0.2) is 54.6 Å². The highest BCUT2D eigenvalue weighted by Gasteiger charge is 2.38. The van der Waals surface area contributed by atoms with Crippen molar-refractivity contribution in [1.29, 1.82) is 0 Å². The van der Waals surface area contributed by atoms with Gasteiger partial charge in [-0.05, 0) is 48.1 Å². The molecule has 0 saturated carbocycles. The fourth-order valence-electron chi connectivity index (χ4n) is 4.05. The maximum absolute atomic E-state index is 11.6. The van der Waals surface area contributed by atoms with Crippen molar-refractivity contribution in [2.75, 3.05) is 12.4 Å². The Morgan fingerprint density at radius 3 is 2.71 bits per heavy atom. The minimum Gasteiger partial charge on any atom is -0.465 e. The highest BCUT2D eigenvalue weighted by molar-refractivity contribution is 5.89. The van der Waals surface area contributed by atoms with E-state index in [2.05, 4.69) is 42.6 Å². The van der Waals surface area contributed by atoms with E-state index in [0.717, 1.165) is 6.42 Å². The molecule has 2 aromatic rings. The standard InChI is InChI=1S/C21H21NO2/c1-13-5-3-7-17-16-6-4-8-18(16)20(22-19(13)17)14-9-11-15(12-10-14)21(23)24-2/h3-7,9-12,16,18,20,22H,8H2,1-2H3/t16-,18+,20+/m1/s1. The maximum Gasteiger partial charge on any atom is 0.337 e. The normalized spacial score (nSPS) is 24.0. The van der Waals surface area contributed by atoms with E-state index >= 15 is 0 Å². The van der Waals surface area contributed by atoms with Crippen LogP contribution in [0.25, 0.3) is 0 Å². The zero-order chi connectivity index (χ0) is 16.7. The Labute approximate surface area is 142 Å². The molecule has 0 aromatic heterocycles. The van der Waals surface area contributed by atoms with Gasteiger partial charge in [-0.15, -0.1) is 0 Å². The number of esters is 1. The van der Waals surface area contributed by atoms with Crippen LogP contribution in [0.1, 0.15) is 45.4 Å². The molecule has 1 heterocycles. The molecule has 3 heteroatoms. The molecule has 0 spiro atoms. The monoisotopic (exact) mass is 319 g/mol. The number of benzene rings is 2. The van der Waals surface area contributed by atoms with Crippen molar-refractivity contribution >= 4 is 11.7 Å². The molecule has 3 atom stereocenters. The molecule has 24 heavy (non-hydrogen) atoms. The summed E-state index contributed by atoms with van der Waals surface area (Å²) in [6.45, 7) is 2.15. The van der Waals surface area contributed by atoms with Crippen LogP contribution in [-0.4, -0.2) is 13.1 Å². The predicted octanol–water partition coefficient (Wildman–Crippen LogP) is 4.61. The van der Waals surface area contributed by atoms with E-state index in [-0.39, 0.29) is 12.0 Å². The third-order valence-electron chi connectivity index (χ3n) is 5.30. The molecule has 2 aromatic carbocycles. The van der Waals surface area contributed by atoms with Crippen molar-refractivity contribution in [3.63, 3.8) is 0 Å². The first-order valence-corrected chi connectivity index (χ1v) is 8.40. The van der Waals surface area contributed by atoms with Gasteiger partial charge < -0.3 is 10.1 Å². The van der Waals surface area contributed by atoms with Gasteiger partial charge >= 0.3 is 5.97 Å². The molecule has 122 valence electrons. The minimum atomic E-state index is -0.292. The number of carbonyl (C=O) groups is 1. The van der Waals surface area contributed by atoms with Crippen LogP contribution in [-0.2, 0) is 4.74 Å². The van der Waals surface area contributed by atoms with Crippen molar-refractivity contribution in [1.82, 2.24) is 0 Å². The first kappa shape index (κ1) is 15.0. The molecule has 0 saturated heterocycles. The predicted molar refractivity (Wildman–Crippen MR) is 95.3 cm³/mol. The van der Waals surface area contributed by atoms with Crippen LogP contribution in [0.5, 0.6) is 0 Å². The van der Waals surface area contributed by atoms with Crippen LogP contribution in [0, 0.1) is 12.8 Å². The summed E-state index contributed by atoms with van der Waals surface area (Å²) in [5, 5.41) is 3.76. The minimum absolute atomic E-state index is 0.255. The Bertz CT molecular complexity index is 807. The lowest BCUT2D eigenvalue weighted by Crippen LogP contribution is -2.29. The third kappa shape index (κ3) is 2.32. The van der Waals surface area contributed by atoms with Gasteiger partial charge in [-0.25, -0.2) is 4.79 Å². The molecule has 3 nitrogen and oxygen atoms in total. The van der Waals surface area contributed by atoms with Crippen LogP contribution in [0.2, 0.25) is 0 Å². The molecule has 0 unspecified atom stereocenters. The molecule has 0 fully saturated rings. The summed E-state index contributed by atoms with van der Waals surface area (Å²) in [5.41, 5.74) is 5.75. The molecule has 1 aliphatic heterocycles. The summed E-state index contributed by atoms with van der Waals surface area (Å²) in [6, 6.07) is 14.6. The van der Waals surface area contributed by atoms with Gasteiger partial charge in [-0.1, -0.05) is 42.5 Å². The Morgan fingerprint density at radius 1 is 1.17 bits per heavy atom. The number of anilines is 1. The second kappa shape index (κ2) is 5.82. The Hall–Kier alpha value is -2.55. The number of nitrogens with one attached hydrogen (secondary N) is 1. The van der Waals surface area contributed by atoms with Crippen LogP contribution >= 0.6 is 0 Å². The summed E-state index contributed by atoms with van der Waals surface area (Å²) in [4.78, 5) is 11.6. The second-order valence-electron chi connectivity index (χ2n) is 6.63. The topological polar surface area (TPSA) is 38.3 Å². The maximum atomic E-state index is 11.6. The summed E-state index contributed by atoms with van der Waals surface area (Å²) in [5.74, 6) is 0.689. The largest absolute Gasteiger partial charge is 0.465 e. The molecule has 0 radical (unpaired) electrons. The summed E-state index contributed by atoms with van der Waals surface area (Å²) in [6.07, 6.45) is 5.72. The molecule has 0 amide bonds. The van der Waals surface area contributed by atoms with Crippen LogP contribution in [0.3, 0.4) is 0 Å². The number of ether oxygens (including phenoxy) is 1. The molecule has 0 bridgehead atoms. The number of hydrogen-bond acceptors (Lipinski definition) is 3. The number of carbonyl (C=O) groups excluding carboxylic acids is 1. The van der Waals surface area contributed by atoms with Crippen molar-refractivity contribution < 1.29 is 9.53 Å². The average molecular weight is 319 g/mol. The number of fused-ring (bicyclic) bond motifs is 3. The molecule has 1 N–H and O–H groups in total. The van der Waals surface area contributed by atoms with Crippen molar-refractivity contribution in [2.45, 2.75) is 25.3 Å². The SMILES string of the molecule is COC(=O)c1ccc([C@@H]2Nc3c(C)cccc3[C@H]3C=CC[C@@H]32)cc1. The third-order valence-corrected chi connectivity index (χ3v) is 5.30. The van der Waals surface area contributed by atoms with Gasteiger partial charge in [0.15, 0.2) is 0 Å². The molecular formula is C21H21NO2. The first-order chi connectivity index (χ1) is 11.7. The Balaban J connectivity index is 1.71. The second-order valence-corrected chi connectivity index (χ2v) is 6.63. The lowest BCUT2D eigenvalue weighted by atomic mass is 9.76. The summed E-state index contributed by atoms with van der Waals surface area (Å²) >= 11 is 0. The molecule has 4 rings (SSSR count). The lowest BCUT2D eigenvalue weighted by molar-refractivity contribution is 0.0600. The van der Waals surface area contributed by atoms with Gasteiger partial charge in [0, 0.05) is 11.6 Å². The number of hydrogen-bond donors (Lipinski definition) is 1. The molecular weight excluding hydrogens is 298 g/mol. The van der Waals surface area contributed by atoms with E-state index < -0.39 is 0 Å². The average Bonchev–Trinajstić information content (AvgIpc) is 3.11. The van der Waals surface area contributed by atoms with Gasteiger partial charge in [0.05, 0.1) is 18.7 Å². The number of allylic oxidation sites excluding steroid dienone is 2. The Kier molecular flexibility index (Phi) is 3.64. The fraction of sp³-hybridized carbons (Fsp3) is 0.286. The van der Waals surface area contributed by atoms with E-state index in [4.69, 9.17) is 4.74 Å². The van der Waals surface area contributed by atoms with Gasteiger partial charge in [-0.3, -0.25) is 0 Å². The van der Waals surface area contributed by atoms with Crippen molar-refractivity contribution in [2.24, 2.45) is 5.92 Å². The highest BCUT2D eigenvalue weighted by atomic mass is 16.5. The van der Waals surface area contributed by atoms with Crippen LogP contribution in [0.4, 0.5) is 5.69 Å². The van der Waals surface area contributed by atoms with E-state index in [0.29, 0.717) is 17.4 Å². The number of aryl methyl sites for hydroxylation is 1. The van der Waals surface area contributed by atoms with E-state index in [1.165, 1.54) is 29.5 Å². The summed E-state index contributed by atoms with van der Waals surface area (Å²) < 4.78 is 4.79. The van der Waals surface area contributed by atoms with E-state index in [1.807, 2.05) is 24.3 Å². The van der Waals surface area contributed by atoms with Gasteiger partial charge in [-0.2, -0.15) is 0 Å². The van der Waals surface area contributed by atoms with Crippen LogP contribution < -0.4 is 5.32 Å². The number of para-hydroxylation sites is 1. The fourth-order valence-corrected chi connectivity index (χ4v) is 4.05. The van der Waals surface area contributed by atoms with Crippen molar-refractivity contribution in [3.8, 4) is 0 Å². The zero-order valence-electron chi connectivity index (χ0n) is 14.0. The van der Waals surface area contributed by atoms with Gasteiger partial charge in [0.2, 0.25) is 0 Å². The molecule has 1 aliphatic carbocycles. The lowest BCUT2D eigenvalue weighted by Gasteiger charge is -2.38. The summed E-state index contributed by atoms with van der Waals surface area (Å²) in [7, 11) is 1.41. The van der Waals surface area contributed by atoms with Gasteiger partial charge in [0.25, 0.3) is 0 Å². The van der Waals surface area contributed by atoms with E-state index in [1.54, 1.807) is 0 Å². The number of methoxy groups -OCH3 is 1. The smallest absolute Gasteiger partial charge is 0.337 e.